The molecule has 0 bridgehead atoms. The van der Waals surface area contributed by atoms with E-state index < -0.39 is 6.04 Å². The fourth-order valence-electron chi connectivity index (χ4n) is 3.08. The maximum absolute atomic E-state index is 13.3. The van der Waals surface area contributed by atoms with Gasteiger partial charge in [0, 0.05) is 28.4 Å². The van der Waals surface area contributed by atoms with Crippen LogP contribution in [-0.2, 0) is 21.9 Å². The van der Waals surface area contributed by atoms with Gasteiger partial charge in [0.2, 0.25) is 11.8 Å². The number of thioether (sulfide) groups is 1. The van der Waals surface area contributed by atoms with Gasteiger partial charge in [0.25, 0.3) is 0 Å². The standard InChI is InChI=1S/C23H27Cl2FN2O2S/c1-4-21(23(30)27-15(2)3)28(12-16-8-10-17(26)11-9-16)22(29)14-31-13-18-19(24)6-5-7-20(18)25/h5-11,15,21H,4,12-14H2,1-3H3,(H,27,30)/t21-/m1/s1. The van der Waals surface area contributed by atoms with Gasteiger partial charge < -0.3 is 10.2 Å². The van der Waals surface area contributed by atoms with E-state index in [1.165, 1.54) is 23.9 Å². The number of carbonyl (C=O) groups excluding carboxylic acids is 2. The van der Waals surface area contributed by atoms with E-state index in [1.54, 1.807) is 35.2 Å². The zero-order chi connectivity index (χ0) is 23.0. The number of rotatable bonds is 10. The van der Waals surface area contributed by atoms with Crippen molar-refractivity contribution < 1.29 is 14.0 Å². The number of nitrogens with one attached hydrogen (secondary N) is 1. The molecule has 0 aliphatic heterocycles. The van der Waals surface area contributed by atoms with Gasteiger partial charge in [0.05, 0.1) is 5.75 Å². The molecule has 0 heterocycles. The third-order valence-electron chi connectivity index (χ3n) is 4.62. The number of halogens is 3. The molecule has 0 aliphatic rings. The van der Waals surface area contributed by atoms with Crippen molar-refractivity contribution in [3.05, 3.63) is 69.5 Å². The molecular weight excluding hydrogens is 458 g/mol. The lowest BCUT2D eigenvalue weighted by molar-refractivity contribution is -0.139. The molecule has 0 saturated heterocycles. The SMILES string of the molecule is CC[C@H](C(=O)NC(C)C)N(Cc1ccc(F)cc1)C(=O)CSCc1c(Cl)cccc1Cl. The van der Waals surface area contributed by atoms with E-state index in [4.69, 9.17) is 23.2 Å². The molecule has 2 aromatic carbocycles. The summed E-state index contributed by atoms with van der Waals surface area (Å²) in [6.07, 6.45) is 0.465. The Labute approximate surface area is 197 Å². The number of benzene rings is 2. The van der Waals surface area contributed by atoms with Crippen LogP contribution in [-0.4, -0.2) is 34.6 Å². The molecule has 0 fully saturated rings. The summed E-state index contributed by atoms with van der Waals surface area (Å²) in [6, 6.07) is 10.6. The normalized spacial score (nSPS) is 12.0. The van der Waals surface area contributed by atoms with E-state index in [-0.39, 0.29) is 36.0 Å². The minimum absolute atomic E-state index is 0.0407. The second-order valence-electron chi connectivity index (χ2n) is 7.43. The lowest BCUT2D eigenvalue weighted by Crippen LogP contribution is -2.50. The molecule has 168 valence electrons. The van der Waals surface area contributed by atoms with Gasteiger partial charge in [-0.15, -0.1) is 11.8 Å². The van der Waals surface area contributed by atoms with Gasteiger partial charge in [0.15, 0.2) is 0 Å². The van der Waals surface area contributed by atoms with Crippen LogP contribution in [0.4, 0.5) is 4.39 Å². The van der Waals surface area contributed by atoms with Crippen LogP contribution in [0.15, 0.2) is 42.5 Å². The quantitative estimate of drug-likeness (QED) is 0.470. The predicted molar refractivity (Wildman–Crippen MR) is 127 cm³/mol. The Kier molecular flexibility index (Phi) is 10.1. The van der Waals surface area contributed by atoms with E-state index in [0.717, 1.165) is 11.1 Å². The maximum atomic E-state index is 13.3. The van der Waals surface area contributed by atoms with Crippen molar-refractivity contribution in [3.8, 4) is 0 Å². The largest absolute Gasteiger partial charge is 0.352 e. The smallest absolute Gasteiger partial charge is 0.243 e. The zero-order valence-corrected chi connectivity index (χ0v) is 20.2. The summed E-state index contributed by atoms with van der Waals surface area (Å²) in [5.74, 6) is -0.0913. The van der Waals surface area contributed by atoms with Crippen molar-refractivity contribution in [2.75, 3.05) is 5.75 Å². The Hall–Kier alpha value is -1.76. The predicted octanol–water partition coefficient (Wildman–Crippen LogP) is 5.70. The number of nitrogens with zero attached hydrogens (tertiary/aromatic N) is 1. The molecule has 8 heteroatoms. The average Bonchev–Trinajstić information content (AvgIpc) is 2.70. The van der Waals surface area contributed by atoms with Gasteiger partial charge in [-0.25, -0.2) is 4.39 Å². The van der Waals surface area contributed by atoms with Gasteiger partial charge >= 0.3 is 0 Å². The summed E-state index contributed by atoms with van der Waals surface area (Å²) >= 11 is 13.8. The molecular formula is C23H27Cl2FN2O2S. The summed E-state index contributed by atoms with van der Waals surface area (Å²) in [7, 11) is 0. The highest BCUT2D eigenvalue weighted by Gasteiger charge is 2.29. The van der Waals surface area contributed by atoms with Crippen molar-refractivity contribution in [2.24, 2.45) is 0 Å². The first-order chi connectivity index (χ1) is 14.7. The Morgan fingerprint density at radius 2 is 1.71 bits per heavy atom. The van der Waals surface area contributed by atoms with Crippen LogP contribution in [0.5, 0.6) is 0 Å². The summed E-state index contributed by atoms with van der Waals surface area (Å²) in [4.78, 5) is 27.5. The van der Waals surface area contributed by atoms with E-state index >= 15 is 0 Å². The Balaban J connectivity index is 2.16. The van der Waals surface area contributed by atoms with Crippen LogP contribution in [0.25, 0.3) is 0 Å². The topological polar surface area (TPSA) is 49.4 Å². The van der Waals surface area contributed by atoms with E-state index in [0.29, 0.717) is 22.2 Å². The first-order valence-corrected chi connectivity index (χ1v) is 12.0. The van der Waals surface area contributed by atoms with Crippen molar-refractivity contribution in [1.82, 2.24) is 10.2 Å². The monoisotopic (exact) mass is 484 g/mol. The maximum Gasteiger partial charge on any atom is 0.243 e. The first kappa shape index (κ1) is 25.5. The summed E-state index contributed by atoms with van der Waals surface area (Å²) in [6.45, 7) is 5.84. The van der Waals surface area contributed by atoms with Crippen molar-refractivity contribution in [2.45, 2.75) is 51.6 Å². The fraction of sp³-hybridized carbons (Fsp3) is 0.391. The van der Waals surface area contributed by atoms with Crippen molar-refractivity contribution in [1.29, 1.82) is 0 Å². The molecule has 0 aliphatic carbocycles. The minimum atomic E-state index is -0.621. The lowest BCUT2D eigenvalue weighted by Gasteiger charge is -2.31. The molecule has 31 heavy (non-hydrogen) atoms. The molecule has 0 unspecified atom stereocenters. The van der Waals surface area contributed by atoms with Crippen LogP contribution in [0.2, 0.25) is 10.0 Å². The molecule has 0 radical (unpaired) electrons. The highest BCUT2D eigenvalue weighted by molar-refractivity contribution is 7.99. The third kappa shape index (κ3) is 7.70. The number of carbonyl (C=O) groups is 2. The van der Waals surface area contributed by atoms with Gasteiger partial charge in [0.1, 0.15) is 11.9 Å². The van der Waals surface area contributed by atoms with Crippen LogP contribution in [0.3, 0.4) is 0 Å². The summed E-state index contributed by atoms with van der Waals surface area (Å²) in [5.41, 5.74) is 1.53. The lowest BCUT2D eigenvalue weighted by atomic mass is 10.1. The van der Waals surface area contributed by atoms with Gasteiger partial charge in [-0.1, -0.05) is 48.3 Å². The average molecular weight is 485 g/mol. The molecule has 2 rings (SSSR count). The van der Waals surface area contributed by atoms with Crippen molar-refractivity contribution in [3.63, 3.8) is 0 Å². The van der Waals surface area contributed by atoms with E-state index in [2.05, 4.69) is 5.32 Å². The van der Waals surface area contributed by atoms with Crippen LogP contribution in [0.1, 0.15) is 38.3 Å². The Bertz CT molecular complexity index is 873. The molecule has 0 spiro atoms. The molecule has 4 nitrogen and oxygen atoms in total. The third-order valence-corrected chi connectivity index (χ3v) is 6.27. The molecule has 1 N–H and O–H groups in total. The summed E-state index contributed by atoms with van der Waals surface area (Å²) < 4.78 is 13.3. The van der Waals surface area contributed by atoms with Gasteiger partial charge in [-0.05, 0) is 55.7 Å². The molecule has 0 saturated carbocycles. The highest BCUT2D eigenvalue weighted by Crippen LogP contribution is 2.28. The zero-order valence-electron chi connectivity index (χ0n) is 17.8. The van der Waals surface area contributed by atoms with Crippen molar-refractivity contribution >= 4 is 46.8 Å². The second-order valence-corrected chi connectivity index (χ2v) is 9.23. The Morgan fingerprint density at radius 1 is 1.10 bits per heavy atom. The molecule has 1 atom stereocenters. The van der Waals surface area contributed by atoms with Crippen LogP contribution >= 0.6 is 35.0 Å². The van der Waals surface area contributed by atoms with Crippen LogP contribution < -0.4 is 5.32 Å². The molecule has 2 amide bonds. The van der Waals surface area contributed by atoms with E-state index in [9.17, 15) is 14.0 Å². The number of hydrogen-bond acceptors (Lipinski definition) is 3. The van der Waals surface area contributed by atoms with Gasteiger partial charge in [-0.3, -0.25) is 9.59 Å². The first-order valence-electron chi connectivity index (χ1n) is 10.1. The Morgan fingerprint density at radius 3 is 2.26 bits per heavy atom. The molecule has 2 aromatic rings. The van der Waals surface area contributed by atoms with E-state index in [1.807, 2.05) is 20.8 Å². The minimum Gasteiger partial charge on any atom is -0.352 e. The van der Waals surface area contributed by atoms with Gasteiger partial charge in [-0.2, -0.15) is 0 Å². The van der Waals surface area contributed by atoms with Crippen LogP contribution in [0, 0.1) is 5.82 Å². The summed E-state index contributed by atoms with van der Waals surface area (Å²) in [5, 5.41) is 3.99. The fourth-order valence-corrected chi connectivity index (χ4v) is 4.73. The number of hydrogen-bond donors (Lipinski definition) is 1. The molecule has 0 aromatic heterocycles. The highest BCUT2D eigenvalue weighted by atomic mass is 35.5. The second kappa shape index (κ2) is 12.3. The number of amides is 2.